The van der Waals surface area contributed by atoms with Gasteiger partial charge in [-0.2, -0.15) is 0 Å². The van der Waals surface area contributed by atoms with Gasteiger partial charge in [0.15, 0.2) is 0 Å². The molecule has 2 rings (SSSR count). The summed E-state index contributed by atoms with van der Waals surface area (Å²) in [7, 11) is 2.12. The Morgan fingerprint density at radius 1 is 0.895 bits per heavy atom. The van der Waals surface area contributed by atoms with Crippen LogP contribution in [0.25, 0.3) is 0 Å². The Morgan fingerprint density at radius 3 is 2.05 bits per heavy atom. The van der Waals surface area contributed by atoms with Crippen molar-refractivity contribution >= 4 is 11.4 Å². The third-order valence-corrected chi connectivity index (χ3v) is 3.50. The molecule has 0 fully saturated rings. The Hall–Kier alpha value is -1.96. The summed E-state index contributed by atoms with van der Waals surface area (Å²) in [6.45, 7) is 3.19. The van der Waals surface area contributed by atoms with E-state index in [-0.39, 0.29) is 0 Å². The van der Waals surface area contributed by atoms with Gasteiger partial charge in [-0.3, -0.25) is 0 Å². The van der Waals surface area contributed by atoms with Crippen LogP contribution in [-0.2, 0) is 12.8 Å². The summed E-state index contributed by atoms with van der Waals surface area (Å²) >= 11 is 0. The quantitative estimate of drug-likeness (QED) is 0.827. The lowest BCUT2D eigenvalue weighted by Gasteiger charge is -2.19. The molecule has 2 aromatic rings. The number of hydrogen-bond acceptors (Lipinski definition) is 2. The fraction of sp³-hybridized carbons (Fsp3) is 0.294. The first-order valence-electron chi connectivity index (χ1n) is 6.83. The smallest absolute Gasteiger partial charge is 0.0365 e. The van der Waals surface area contributed by atoms with Gasteiger partial charge in [-0.05, 0) is 48.2 Å². The molecule has 0 saturated heterocycles. The van der Waals surface area contributed by atoms with Crippen LogP contribution in [0.1, 0.15) is 18.1 Å². The molecule has 2 N–H and O–H groups in total. The van der Waals surface area contributed by atoms with Crippen LogP contribution in [0.4, 0.5) is 11.4 Å². The van der Waals surface area contributed by atoms with Gasteiger partial charge < -0.3 is 10.6 Å². The zero-order chi connectivity index (χ0) is 13.7. The molecule has 2 heteroatoms. The first-order chi connectivity index (χ1) is 9.19. The molecule has 0 aliphatic heterocycles. The molecule has 0 unspecified atom stereocenters. The molecule has 0 aliphatic carbocycles. The first-order valence-corrected chi connectivity index (χ1v) is 6.83. The Labute approximate surface area is 115 Å². The van der Waals surface area contributed by atoms with Crippen LogP contribution < -0.4 is 10.6 Å². The van der Waals surface area contributed by atoms with Gasteiger partial charge in [0.25, 0.3) is 0 Å². The lowest BCUT2D eigenvalue weighted by molar-refractivity contribution is 0.876. The normalized spacial score (nSPS) is 10.4. The highest BCUT2D eigenvalue weighted by Gasteiger charge is 2.01. The summed E-state index contributed by atoms with van der Waals surface area (Å²) in [4.78, 5) is 2.26. The second-order valence-electron chi connectivity index (χ2n) is 4.93. The summed E-state index contributed by atoms with van der Waals surface area (Å²) in [5.41, 5.74) is 10.5. The number of benzene rings is 2. The molecule has 0 bridgehead atoms. The second kappa shape index (κ2) is 6.28. The highest BCUT2D eigenvalue weighted by molar-refractivity contribution is 5.52. The van der Waals surface area contributed by atoms with Gasteiger partial charge in [-0.1, -0.05) is 31.2 Å². The summed E-state index contributed by atoms with van der Waals surface area (Å²) in [5, 5.41) is 0. The summed E-state index contributed by atoms with van der Waals surface area (Å²) < 4.78 is 0. The van der Waals surface area contributed by atoms with E-state index < -0.39 is 0 Å². The molecular formula is C17H22N2. The average Bonchev–Trinajstić information content (AvgIpc) is 2.46. The molecule has 0 radical (unpaired) electrons. The molecular weight excluding hydrogens is 232 g/mol. The number of rotatable bonds is 5. The molecule has 0 amide bonds. The summed E-state index contributed by atoms with van der Waals surface area (Å²) in [6.07, 6.45) is 2.16. The maximum Gasteiger partial charge on any atom is 0.0365 e. The predicted molar refractivity (Wildman–Crippen MR) is 83.6 cm³/mol. The average molecular weight is 254 g/mol. The standard InChI is InChI=1S/C17H22N2/c1-3-14-4-6-15(7-5-14)12-13-19(2)17-10-8-16(18)9-11-17/h4-11H,3,12-13,18H2,1-2H3. The van der Waals surface area contributed by atoms with Crippen molar-refractivity contribution in [2.24, 2.45) is 0 Å². The minimum Gasteiger partial charge on any atom is -0.399 e. The van der Waals surface area contributed by atoms with Crippen molar-refractivity contribution < 1.29 is 0 Å². The molecule has 0 spiro atoms. The number of nitrogens with two attached hydrogens (primary N) is 1. The van der Waals surface area contributed by atoms with Gasteiger partial charge >= 0.3 is 0 Å². The summed E-state index contributed by atoms with van der Waals surface area (Å²) in [5.74, 6) is 0. The number of likely N-dealkylation sites (N-methyl/N-ethyl adjacent to an activating group) is 1. The zero-order valence-electron chi connectivity index (χ0n) is 11.8. The Kier molecular flexibility index (Phi) is 4.45. The van der Waals surface area contributed by atoms with Crippen molar-refractivity contribution in [3.8, 4) is 0 Å². The fourth-order valence-electron chi connectivity index (χ4n) is 2.10. The Morgan fingerprint density at radius 2 is 1.47 bits per heavy atom. The molecule has 0 heterocycles. The molecule has 100 valence electrons. The van der Waals surface area contributed by atoms with E-state index in [2.05, 4.69) is 55.3 Å². The lowest BCUT2D eigenvalue weighted by atomic mass is 10.1. The van der Waals surface area contributed by atoms with Crippen LogP contribution in [0.5, 0.6) is 0 Å². The van der Waals surface area contributed by atoms with Crippen LogP contribution >= 0.6 is 0 Å². The minimum atomic E-state index is 0.812. The van der Waals surface area contributed by atoms with Crippen LogP contribution in [-0.4, -0.2) is 13.6 Å². The van der Waals surface area contributed by atoms with Crippen LogP contribution in [0.2, 0.25) is 0 Å². The van der Waals surface area contributed by atoms with Gasteiger partial charge in [0, 0.05) is 25.0 Å². The Bertz CT molecular complexity index is 500. The van der Waals surface area contributed by atoms with Crippen LogP contribution in [0, 0.1) is 0 Å². The van der Waals surface area contributed by atoms with E-state index in [0.29, 0.717) is 0 Å². The van der Waals surface area contributed by atoms with Gasteiger partial charge in [0.2, 0.25) is 0 Å². The van der Waals surface area contributed by atoms with Crippen molar-refractivity contribution in [2.75, 3.05) is 24.2 Å². The van der Waals surface area contributed by atoms with Crippen molar-refractivity contribution in [3.63, 3.8) is 0 Å². The van der Waals surface area contributed by atoms with E-state index in [1.54, 1.807) is 0 Å². The van der Waals surface area contributed by atoms with Crippen molar-refractivity contribution in [1.82, 2.24) is 0 Å². The van der Waals surface area contributed by atoms with E-state index in [1.165, 1.54) is 16.8 Å². The number of hydrogen-bond donors (Lipinski definition) is 1. The van der Waals surface area contributed by atoms with E-state index in [0.717, 1.165) is 25.1 Å². The minimum absolute atomic E-state index is 0.812. The van der Waals surface area contributed by atoms with E-state index >= 15 is 0 Å². The van der Waals surface area contributed by atoms with E-state index in [1.807, 2.05) is 12.1 Å². The molecule has 19 heavy (non-hydrogen) atoms. The van der Waals surface area contributed by atoms with Crippen molar-refractivity contribution in [2.45, 2.75) is 19.8 Å². The van der Waals surface area contributed by atoms with Gasteiger partial charge in [0.1, 0.15) is 0 Å². The molecule has 2 nitrogen and oxygen atoms in total. The second-order valence-corrected chi connectivity index (χ2v) is 4.93. The third-order valence-electron chi connectivity index (χ3n) is 3.50. The van der Waals surface area contributed by atoms with Crippen molar-refractivity contribution in [3.05, 3.63) is 59.7 Å². The molecule has 0 atom stereocenters. The topological polar surface area (TPSA) is 29.3 Å². The SMILES string of the molecule is CCc1ccc(CCN(C)c2ccc(N)cc2)cc1. The summed E-state index contributed by atoms with van der Waals surface area (Å²) in [6, 6.07) is 16.9. The number of anilines is 2. The van der Waals surface area contributed by atoms with Gasteiger partial charge in [-0.15, -0.1) is 0 Å². The largest absolute Gasteiger partial charge is 0.399 e. The molecule has 2 aromatic carbocycles. The molecule has 0 saturated carbocycles. The third kappa shape index (κ3) is 3.75. The van der Waals surface area contributed by atoms with Gasteiger partial charge in [-0.25, -0.2) is 0 Å². The van der Waals surface area contributed by atoms with Gasteiger partial charge in [0.05, 0.1) is 0 Å². The van der Waals surface area contributed by atoms with Crippen molar-refractivity contribution in [1.29, 1.82) is 0 Å². The molecule has 0 aromatic heterocycles. The monoisotopic (exact) mass is 254 g/mol. The highest BCUT2D eigenvalue weighted by atomic mass is 15.1. The zero-order valence-corrected chi connectivity index (χ0v) is 11.8. The number of nitrogens with zero attached hydrogens (tertiary/aromatic N) is 1. The lowest BCUT2D eigenvalue weighted by Crippen LogP contribution is -2.20. The fourth-order valence-corrected chi connectivity index (χ4v) is 2.10. The molecule has 0 aliphatic rings. The first kappa shape index (κ1) is 13.5. The van der Waals surface area contributed by atoms with E-state index in [4.69, 9.17) is 5.73 Å². The maximum atomic E-state index is 5.70. The maximum absolute atomic E-state index is 5.70. The highest BCUT2D eigenvalue weighted by Crippen LogP contribution is 2.15. The Balaban J connectivity index is 1.92. The predicted octanol–water partition coefficient (Wildman–Crippen LogP) is 3.51. The van der Waals surface area contributed by atoms with E-state index in [9.17, 15) is 0 Å². The van der Waals surface area contributed by atoms with Crippen LogP contribution in [0.3, 0.4) is 0 Å². The number of nitrogen functional groups attached to an aromatic ring is 1. The number of aryl methyl sites for hydroxylation is 1. The van der Waals surface area contributed by atoms with Crippen LogP contribution in [0.15, 0.2) is 48.5 Å².